The SMILES string of the molecule is CC1(F)CCC2(CCN(c3cnc4c(-c5cccc(Cl)c5Cl)[nH]nc4n3)CC2)C1N. The van der Waals surface area contributed by atoms with Crippen molar-refractivity contribution in [3.05, 3.63) is 34.4 Å². The number of piperidine rings is 1. The molecule has 9 heteroatoms. The molecule has 0 amide bonds. The van der Waals surface area contributed by atoms with Crippen LogP contribution in [0.2, 0.25) is 10.0 Å². The van der Waals surface area contributed by atoms with Crippen LogP contribution in [0.4, 0.5) is 10.2 Å². The molecule has 2 unspecified atom stereocenters. The molecule has 0 bridgehead atoms. The van der Waals surface area contributed by atoms with Gasteiger partial charge in [0.1, 0.15) is 17.0 Å². The van der Waals surface area contributed by atoms with Gasteiger partial charge in [-0.3, -0.25) is 5.10 Å². The number of aromatic nitrogens is 4. The molecule has 5 rings (SSSR count). The summed E-state index contributed by atoms with van der Waals surface area (Å²) in [6.45, 7) is 3.20. The first-order chi connectivity index (χ1) is 14.3. The number of nitrogens with zero attached hydrogens (tertiary/aromatic N) is 4. The van der Waals surface area contributed by atoms with Gasteiger partial charge in [0.15, 0.2) is 0 Å². The average Bonchev–Trinajstić information content (AvgIpc) is 3.25. The zero-order chi connectivity index (χ0) is 21.1. The van der Waals surface area contributed by atoms with Crippen LogP contribution in [-0.2, 0) is 0 Å². The summed E-state index contributed by atoms with van der Waals surface area (Å²) in [5.74, 6) is 0.766. The number of anilines is 1. The first-order valence-electron chi connectivity index (χ1n) is 10.2. The number of hydrogen-bond donors (Lipinski definition) is 2. The highest BCUT2D eigenvalue weighted by Crippen LogP contribution is 2.51. The minimum Gasteiger partial charge on any atom is -0.355 e. The lowest BCUT2D eigenvalue weighted by atomic mass is 9.73. The molecule has 0 radical (unpaired) electrons. The maximum absolute atomic E-state index is 14.6. The number of fused-ring (bicyclic) bond motifs is 1. The van der Waals surface area contributed by atoms with Crippen molar-refractivity contribution in [1.82, 2.24) is 20.2 Å². The maximum Gasteiger partial charge on any atom is 0.202 e. The smallest absolute Gasteiger partial charge is 0.202 e. The molecule has 2 aliphatic rings. The van der Waals surface area contributed by atoms with Crippen LogP contribution >= 0.6 is 23.2 Å². The molecule has 158 valence electrons. The third kappa shape index (κ3) is 3.06. The van der Waals surface area contributed by atoms with E-state index >= 15 is 0 Å². The van der Waals surface area contributed by atoms with Gasteiger partial charge < -0.3 is 10.6 Å². The van der Waals surface area contributed by atoms with Crippen LogP contribution < -0.4 is 10.6 Å². The highest BCUT2D eigenvalue weighted by molar-refractivity contribution is 6.43. The third-order valence-electron chi connectivity index (χ3n) is 6.98. The number of rotatable bonds is 2. The average molecular weight is 449 g/mol. The Hall–Kier alpha value is -1.96. The number of nitrogens with one attached hydrogen (secondary N) is 1. The Morgan fingerprint density at radius 2 is 1.97 bits per heavy atom. The van der Waals surface area contributed by atoms with Crippen LogP contribution in [0, 0.1) is 5.41 Å². The van der Waals surface area contributed by atoms with Crippen LogP contribution in [-0.4, -0.2) is 45.0 Å². The van der Waals surface area contributed by atoms with E-state index in [-0.39, 0.29) is 5.41 Å². The Balaban J connectivity index is 1.39. The fraction of sp³-hybridized carbons (Fsp3) is 0.476. The number of aromatic amines is 1. The number of hydrogen-bond acceptors (Lipinski definition) is 5. The van der Waals surface area contributed by atoms with Crippen molar-refractivity contribution in [2.45, 2.75) is 44.3 Å². The van der Waals surface area contributed by atoms with Gasteiger partial charge in [-0.15, -0.1) is 0 Å². The second kappa shape index (κ2) is 7.04. The largest absolute Gasteiger partial charge is 0.355 e. The molecule has 1 aromatic carbocycles. The molecule has 2 aromatic heterocycles. The molecule has 1 saturated carbocycles. The van der Waals surface area contributed by atoms with E-state index in [2.05, 4.69) is 20.1 Å². The molecule has 3 aromatic rings. The van der Waals surface area contributed by atoms with E-state index in [1.807, 2.05) is 12.1 Å². The van der Waals surface area contributed by atoms with Crippen molar-refractivity contribution < 1.29 is 4.39 Å². The van der Waals surface area contributed by atoms with Gasteiger partial charge in [-0.2, -0.15) is 5.10 Å². The zero-order valence-electron chi connectivity index (χ0n) is 16.6. The molecule has 6 nitrogen and oxygen atoms in total. The van der Waals surface area contributed by atoms with Crippen molar-refractivity contribution in [3.63, 3.8) is 0 Å². The Kier molecular flexibility index (Phi) is 4.69. The third-order valence-corrected chi connectivity index (χ3v) is 7.79. The van der Waals surface area contributed by atoms with Crippen molar-refractivity contribution in [2.24, 2.45) is 11.1 Å². The fourth-order valence-corrected chi connectivity index (χ4v) is 5.40. The maximum atomic E-state index is 14.6. The van der Waals surface area contributed by atoms with E-state index in [1.54, 1.807) is 19.2 Å². The van der Waals surface area contributed by atoms with Crippen LogP contribution in [0.1, 0.15) is 32.6 Å². The van der Waals surface area contributed by atoms with Crippen molar-refractivity contribution in [3.8, 4) is 11.3 Å². The van der Waals surface area contributed by atoms with Gasteiger partial charge in [0.25, 0.3) is 0 Å². The van der Waals surface area contributed by atoms with E-state index in [4.69, 9.17) is 33.9 Å². The lowest BCUT2D eigenvalue weighted by Crippen LogP contribution is -2.52. The van der Waals surface area contributed by atoms with Gasteiger partial charge in [0.2, 0.25) is 5.65 Å². The number of benzene rings is 1. The van der Waals surface area contributed by atoms with Gasteiger partial charge in [-0.05, 0) is 44.1 Å². The molecule has 1 spiro atoms. The van der Waals surface area contributed by atoms with E-state index in [0.717, 1.165) is 43.7 Å². The standard InChI is InChI=1S/C21H23Cl2FN6/c1-20(24)5-6-21(19(20)25)7-9-30(10-8-21)14-11-26-17-16(28-29-18(17)27-14)12-3-2-4-13(22)15(12)23/h2-4,11,19H,5-10,25H2,1H3,(H,27,28,29). The Bertz CT molecular complexity index is 1110. The summed E-state index contributed by atoms with van der Waals surface area (Å²) in [4.78, 5) is 11.5. The summed E-state index contributed by atoms with van der Waals surface area (Å²) in [6.07, 6.45) is 4.87. The monoisotopic (exact) mass is 448 g/mol. The van der Waals surface area contributed by atoms with E-state index in [0.29, 0.717) is 33.3 Å². The Labute approximate surface area is 184 Å². The summed E-state index contributed by atoms with van der Waals surface area (Å²) >= 11 is 12.5. The summed E-state index contributed by atoms with van der Waals surface area (Å²) in [5, 5.41) is 8.23. The summed E-state index contributed by atoms with van der Waals surface area (Å²) < 4.78 is 14.6. The number of halogens is 3. The van der Waals surface area contributed by atoms with Crippen LogP contribution in [0.3, 0.4) is 0 Å². The topological polar surface area (TPSA) is 83.7 Å². The molecular weight excluding hydrogens is 426 g/mol. The van der Waals surface area contributed by atoms with Crippen LogP contribution in [0.25, 0.3) is 22.4 Å². The number of alkyl halides is 1. The van der Waals surface area contributed by atoms with Crippen molar-refractivity contribution in [1.29, 1.82) is 0 Å². The molecule has 30 heavy (non-hydrogen) atoms. The van der Waals surface area contributed by atoms with Gasteiger partial charge in [-0.25, -0.2) is 14.4 Å². The van der Waals surface area contributed by atoms with E-state index in [1.165, 1.54) is 0 Å². The molecule has 1 aliphatic carbocycles. The molecular formula is C21H23Cl2FN6. The van der Waals surface area contributed by atoms with Gasteiger partial charge in [0, 0.05) is 24.7 Å². The van der Waals surface area contributed by atoms with Crippen LogP contribution in [0.15, 0.2) is 24.4 Å². The second-order valence-electron chi connectivity index (χ2n) is 8.71. The van der Waals surface area contributed by atoms with Gasteiger partial charge in [-0.1, -0.05) is 35.3 Å². The van der Waals surface area contributed by atoms with Gasteiger partial charge in [0.05, 0.1) is 21.9 Å². The molecule has 2 fully saturated rings. The fourth-order valence-electron chi connectivity index (χ4n) is 5.01. The van der Waals surface area contributed by atoms with E-state index in [9.17, 15) is 4.39 Å². The summed E-state index contributed by atoms with van der Waals surface area (Å²) in [5.41, 5.74) is 7.51. The summed E-state index contributed by atoms with van der Waals surface area (Å²) in [7, 11) is 0. The molecule has 1 aliphatic heterocycles. The van der Waals surface area contributed by atoms with Crippen molar-refractivity contribution in [2.75, 3.05) is 18.0 Å². The first-order valence-corrected chi connectivity index (χ1v) is 10.9. The zero-order valence-corrected chi connectivity index (χ0v) is 18.1. The van der Waals surface area contributed by atoms with Crippen molar-refractivity contribution >= 4 is 40.2 Å². The molecule has 1 saturated heterocycles. The minimum atomic E-state index is -1.27. The Morgan fingerprint density at radius 3 is 2.67 bits per heavy atom. The minimum absolute atomic E-state index is 0.111. The number of nitrogens with two attached hydrogens (primary N) is 1. The van der Waals surface area contributed by atoms with Crippen LogP contribution in [0.5, 0.6) is 0 Å². The highest BCUT2D eigenvalue weighted by Gasteiger charge is 2.54. The summed E-state index contributed by atoms with van der Waals surface area (Å²) in [6, 6.07) is 5.03. The lowest BCUT2D eigenvalue weighted by Gasteiger charge is -2.43. The quantitative estimate of drug-likeness (QED) is 0.589. The highest BCUT2D eigenvalue weighted by atomic mass is 35.5. The first kappa shape index (κ1) is 20.0. The molecule has 3 N–H and O–H groups in total. The molecule has 3 heterocycles. The predicted octanol–water partition coefficient (Wildman–Crippen LogP) is 4.76. The van der Waals surface area contributed by atoms with Gasteiger partial charge >= 0.3 is 0 Å². The number of H-pyrrole nitrogens is 1. The molecule has 2 atom stereocenters. The Morgan fingerprint density at radius 1 is 1.20 bits per heavy atom. The predicted molar refractivity (Wildman–Crippen MR) is 118 cm³/mol. The normalized spacial score (nSPS) is 26.0. The second-order valence-corrected chi connectivity index (χ2v) is 9.49. The lowest BCUT2D eigenvalue weighted by molar-refractivity contribution is 0.110. The van der Waals surface area contributed by atoms with E-state index < -0.39 is 11.7 Å².